The Labute approximate surface area is 298 Å². The van der Waals surface area contributed by atoms with Crippen molar-refractivity contribution in [2.24, 2.45) is 0 Å². The largest absolute Gasteiger partial charge is 0.394 e. The van der Waals surface area contributed by atoms with Crippen molar-refractivity contribution >= 4 is 5.91 Å². The zero-order chi connectivity index (χ0) is 35.3. The quantitative estimate of drug-likeness (QED) is 0.0329. The molecule has 1 amide bonds. The predicted molar refractivity (Wildman–Crippen MR) is 205 cm³/mol. The number of carbonyl (C=O) groups is 1. The summed E-state index contributed by atoms with van der Waals surface area (Å²) in [6, 6.07) is -0.981. The van der Waals surface area contributed by atoms with E-state index < -0.39 is 36.9 Å². The molecular formula is C42H83NO5. The maximum absolute atomic E-state index is 12.4. The van der Waals surface area contributed by atoms with Crippen molar-refractivity contribution in [3.05, 3.63) is 12.2 Å². The third-order valence-corrected chi connectivity index (χ3v) is 9.98. The molecule has 0 radical (unpaired) electrons. The average molecular weight is 682 g/mol. The van der Waals surface area contributed by atoms with E-state index in [1.165, 1.54) is 154 Å². The van der Waals surface area contributed by atoms with Crippen molar-refractivity contribution < 1.29 is 25.2 Å². The first-order valence-corrected chi connectivity index (χ1v) is 21.1. The Morgan fingerprint density at radius 2 is 0.833 bits per heavy atom. The van der Waals surface area contributed by atoms with Crippen LogP contribution in [0, 0.1) is 0 Å². The summed E-state index contributed by atoms with van der Waals surface area (Å²) in [6.07, 6.45) is 39.8. The van der Waals surface area contributed by atoms with E-state index in [0.717, 1.165) is 38.5 Å². The third-order valence-electron chi connectivity index (χ3n) is 9.98. The predicted octanol–water partition coefficient (Wildman–Crippen LogP) is 10.6. The summed E-state index contributed by atoms with van der Waals surface area (Å²) >= 11 is 0. The van der Waals surface area contributed by atoms with Crippen LogP contribution in [0.15, 0.2) is 12.2 Å². The highest BCUT2D eigenvalue weighted by atomic mass is 16.3. The molecule has 0 saturated carbocycles. The normalized spacial score (nSPS) is 14.4. The zero-order valence-electron chi connectivity index (χ0n) is 32.0. The van der Waals surface area contributed by atoms with Crippen molar-refractivity contribution in [1.82, 2.24) is 5.32 Å². The lowest BCUT2D eigenvalue weighted by Gasteiger charge is -2.27. The minimum atomic E-state index is -1.25. The standard InChI is InChI=1S/C42H83NO5/c1-3-5-7-9-11-13-14-15-16-17-18-19-20-21-22-23-24-25-26-27-28-30-32-34-36-40(46)42(48)43-38(37-44)41(47)39(45)35-33-31-29-12-10-8-6-4-2/h21-22,38-41,44-47H,3-20,23-37H2,1-2H3,(H,43,48)/b22-21-. The highest BCUT2D eigenvalue weighted by Gasteiger charge is 2.28. The molecule has 4 atom stereocenters. The molecular weight excluding hydrogens is 598 g/mol. The van der Waals surface area contributed by atoms with E-state index in [9.17, 15) is 25.2 Å². The number of nitrogens with one attached hydrogen (secondary N) is 1. The van der Waals surface area contributed by atoms with E-state index >= 15 is 0 Å². The van der Waals surface area contributed by atoms with Crippen molar-refractivity contribution in [1.29, 1.82) is 0 Å². The average Bonchev–Trinajstić information content (AvgIpc) is 3.09. The third kappa shape index (κ3) is 31.1. The Morgan fingerprint density at radius 1 is 0.500 bits per heavy atom. The van der Waals surface area contributed by atoms with Gasteiger partial charge in [0, 0.05) is 0 Å². The summed E-state index contributed by atoms with van der Waals surface area (Å²) in [7, 11) is 0. The van der Waals surface area contributed by atoms with Gasteiger partial charge in [0.05, 0.1) is 18.8 Å². The molecule has 0 aliphatic carbocycles. The molecule has 0 aromatic carbocycles. The Bertz CT molecular complexity index is 687. The molecule has 0 rings (SSSR count). The second kappa shape index (κ2) is 37.3. The van der Waals surface area contributed by atoms with E-state index in [-0.39, 0.29) is 0 Å². The molecule has 0 aliphatic heterocycles. The second-order valence-electron chi connectivity index (χ2n) is 14.7. The lowest BCUT2D eigenvalue weighted by Crippen LogP contribution is -2.53. The number of rotatable bonds is 38. The van der Waals surface area contributed by atoms with Crippen molar-refractivity contribution in [2.75, 3.05) is 6.61 Å². The van der Waals surface area contributed by atoms with Crippen LogP contribution < -0.4 is 5.32 Å². The molecule has 4 unspecified atom stereocenters. The fourth-order valence-electron chi connectivity index (χ4n) is 6.57. The summed E-state index contributed by atoms with van der Waals surface area (Å²) in [5.74, 6) is -0.587. The van der Waals surface area contributed by atoms with Gasteiger partial charge in [0.1, 0.15) is 12.2 Å². The van der Waals surface area contributed by atoms with E-state index in [1.807, 2.05) is 0 Å². The summed E-state index contributed by atoms with van der Waals surface area (Å²) in [5.41, 5.74) is 0. The maximum atomic E-state index is 12.4. The van der Waals surface area contributed by atoms with Crippen LogP contribution >= 0.6 is 0 Å². The van der Waals surface area contributed by atoms with Gasteiger partial charge in [-0.1, -0.05) is 193 Å². The van der Waals surface area contributed by atoms with Crippen molar-refractivity contribution in [3.8, 4) is 0 Å². The zero-order valence-corrected chi connectivity index (χ0v) is 32.0. The van der Waals surface area contributed by atoms with Gasteiger partial charge < -0.3 is 25.7 Å². The fraction of sp³-hybridized carbons (Fsp3) is 0.929. The molecule has 0 spiro atoms. The van der Waals surface area contributed by atoms with E-state index in [2.05, 4.69) is 31.3 Å². The molecule has 0 bridgehead atoms. The smallest absolute Gasteiger partial charge is 0.249 e. The highest BCUT2D eigenvalue weighted by Crippen LogP contribution is 2.16. The van der Waals surface area contributed by atoms with Gasteiger partial charge in [-0.3, -0.25) is 4.79 Å². The van der Waals surface area contributed by atoms with Gasteiger partial charge in [-0.25, -0.2) is 0 Å². The van der Waals surface area contributed by atoms with Gasteiger partial charge in [-0.2, -0.15) is 0 Å². The Kier molecular flexibility index (Phi) is 36.6. The SMILES string of the molecule is CCCCCCCCCCCCCC/C=C\CCCCCCCCCCC(O)C(=O)NC(CO)C(O)C(O)CCCCCCCCCC. The number of aliphatic hydroxyl groups excluding tert-OH is 4. The van der Waals surface area contributed by atoms with Crippen LogP contribution in [-0.2, 0) is 4.79 Å². The number of allylic oxidation sites excluding steroid dienone is 2. The molecule has 0 aromatic heterocycles. The van der Waals surface area contributed by atoms with Crippen LogP contribution in [0.1, 0.15) is 219 Å². The Morgan fingerprint density at radius 3 is 1.21 bits per heavy atom. The van der Waals surface area contributed by atoms with Gasteiger partial charge in [-0.15, -0.1) is 0 Å². The molecule has 0 aliphatic rings. The minimum Gasteiger partial charge on any atom is -0.394 e. The molecule has 5 N–H and O–H groups in total. The fourth-order valence-corrected chi connectivity index (χ4v) is 6.57. The molecule has 0 fully saturated rings. The van der Waals surface area contributed by atoms with Gasteiger partial charge in [0.25, 0.3) is 0 Å². The van der Waals surface area contributed by atoms with Crippen LogP contribution in [0.4, 0.5) is 0 Å². The van der Waals surface area contributed by atoms with Crippen LogP contribution in [0.2, 0.25) is 0 Å². The Hall–Kier alpha value is -0.950. The summed E-state index contributed by atoms with van der Waals surface area (Å²) in [4.78, 5) is 12.4. The summed E-state index contributed by atoms with van der Waals surface area (Å²) in [5, 5.41) is 43.4. The number of unbranched alkanes of at least 4 members (excludes halogenated alkanes) is 27. The Balaban J connectivity index is 3.64. The first-order valence-electron chi connectivity index (χ1n) is 21.1. The van der Waals surface area contributed by atoms with E-state index in [4.69, 9.17) is 0 Å². The number of carbonyl (C=O) groups excluding carboxylic acids is 1. The molecule has 0 heterocycles. The van der Waals surface area contributed by atoms with Gasteiger partial charge in [-0.05, 0) is 38.5 Å². The molecule has 6 heteroatoms. The molecule has 6 nitrogen and oxygen atoms in total. The van der Waals surface area contributed by atoms with E-state index in [1.54, 1.807) is 0 Å². The van der Waals surface area contributed by atoms with Crippen molar-refractivity contribution in [3.63, 3.8) is 0 Å². The number of hydrogen-bond acceptors (Lipinski definition) is 5. The van der Waals surface area contributed by atoms with Gasteiger partial charge >= 0.3 is 0 Å². The lowest BCUT2D eigenvalue weighted by molar-refractivity contribution is -0.132. The molecule has 0 aromatic rings. The lowest BCUT2D eigenvalue weighted by atomic mass is 9.99. The molecule has 0 saturated heterocycles. The molecule has 48 heavy (non-hydrogen) atoms. The first kappa shape index (κ1) is 47.0. The van der Waals surface area contributed by atoms with Crippen LogP contribution in [0.5, 0.6) is 0 Å². The number of amides is 1. The monoisotopic (exact) mass is 682 g/mol. The van der Waals surface area contributed by atoms with Gasteiger partial charge in [0.2, 0.25) is 5.91 Å². The van der Waals surface area contributed by atoms with Crippen molar-refractivity contribution in [2.45, 2.75) is 244 Å². The van der Waals surface area contributed by atoms with Gasteiger partial charge in [0.15, 0.2) is 0 Å². The maximum Gasteiger partial charge on any atom is 0.249 e. The summed E-state index contributed by atoms with van der Waals surface area (Å²) < 4.78 is 0. The van der Waals surface area contributed by atoms with Crippen LogP contribution in [0.3, 0.4) is 0 Å². The molecule has 286 valence electrons. The topological polar surface area (TPSA) is 110 Å². The first-order chi connectivity index (χ1) is 23.5. The van der Waals surface area contributed by atoms with Crippen LogP contribution in [-0.4, -0.2) is 57.3 Å². The number of aliphatic hydroxyl groups is 4. The highest BCUT2D eigenvalue weighted by molar-refractivity contribution is 5.80. The van der Waals surface area contributed by atoms with Crippen LogP contribution in [0.25, 0.3) is 0 Å². The summed E-state index contributed by atoms with van der Waals surface area (Å²) in [6.45, 7) is 4.01. The van der Waals surface area contributed by atoms with E-state index in [0.29, 0.717) is 12.8 Å². The minimum absolute atomic E-state index is 0.368. The second-order valence-corrected chi connectivity index (χ2v) is 14.7. The number of hydrogen-bond donors (Lipinski definition) is 5.